The van der Waals surface area contributed by atoms with Gasteiger partial charge in [0.05, 0.1) is 12.0 Å². The predicted molar refractivity (Wildman–Crippen MR) is 35.2 cm³/mol. The molecule has 0 amide bonds. The van der Waals surface area contributed by atoms with Crippen molar-refractivity contribution in [2.75, 3.05) is 0 Å². The maximum Gasteiger partial charge on any atom is 0.393 e. The van der Waals surface area contributed by atoms with Crippen molar-refractivity contribution in [2.24, 2.45) is 5.73 Å². The molecular weight excluding hydrogens is 175 g/mol. The highest BCUT2D eigenvalue weighted by atomic mass is 19.4. The molecule has 70 valence electrons. The van der Waals surface area contributed by atoms with Crippen LogP contribution in [-0.2, 0) is 4.79 Å². The Kier molecular flexibility index (Phi) is 3.12. The van der Waals surface area contributed by atoms with Gasteiger partial charge in [0.15, 0.2) is 0 Å². The molecule has 0 aromatic carbocycles. The van der Waals surface area contributed by atoms with E-state index in [0.29, 0.717) is 0 Å². The fourth-order valence-corrected chi connectivity index (χ4v) is 0.584. The van der Waals surface area contributed by atoms with E-state index in [1.54, 1.807) is 0 Å². The molecule has 0 aromatic heterocycles. The summed E-state index contributed by atoms with van der Waals surface area (Å²) in [6, 6.07) is 0. The minimum atomic E-state index is -4.53. The Bertz CT molecular complexity index is 215. The molecule has 0 bridgehead atoms. The highest BCUT2D eigenvalue weighted by Gasteiger charge is 2.32. The number of nitrogens with two attached hydrogens (primary N) is 1. The standard InChI is InChI=1S/C6H8F3NO2/c1-3(10)4(5(11)12)2-6(7,8)9/h2,10H2,1H3,(H,11,12). The summed E-state index contributed by atoms with van der Waals surface area (Å²) < 4.78 is 35.0. The molecule has 0 fully saturated rings. The van der Waals surface area contributed by atoms with Gasteiger partial charge in [0.2, 0.25) is 0 Å². The third-order valence-corrected chi connectivity index (χ3v) is 1.11. The molecular formula is C6H8F3NO2. The van der Waals surface area contributed by atoms with Crippen LogP contribution in [0.4, 0.5) is 13.2 Å². The van der Waals surface area contributed by atoms with Gasteiger partial charge in [0.1, 0.15) is 0 Å². The van der Waals surface area contributed by atoms with Crippen LogP contribution in [0.5, 0.6) is 0 Å². The quantitative estimate of drug-likeness (QED) is 0.633. The smallest absolute Gasteiger partial charge is 0.393 e. The molecule has 0 radical (unpaired) electrons. The number of hydrogen-bond donors (Lipinski definition) is 2. The molecule has 3 N–H and O–H groups in total. The number of rotatable bonds is 2. The Hall–Kier alpha value is -1.20. The number of alkyl halides is 3. The fraction of sp³-hybridized carbons (Fsp3) is 0.500. The zero-order valence-corrected chi connectivity index (χ0v) is 6.27. The van der Waals surface area contributed by atoms with Crippen LogP contribution in [0.1, 0.15) is 13.3 Å². The second-order valence-electron chi connectivity index (χ2n) is 2.26. The summed E-state index contributed by atoms with van der Waals surface area (Å²) in [6.45, 7) is 1.12. The maximum absolute atomic E-state index is 11.7. The molecule has 0 spiro atoms. The van der Waals surface area contributed by atoms with Gasteiger partial charge in [-0.1, -0.05) is 0 Å². The molecule has 0 aliphatic rings. The lowest BCUT2D eigenvalue weighted by atomic mass is 10.1. The van der Waals surface area contributed by atoms with Gasteiger partial charge in [-0.2, -0.15) is 13.2 Å². The van der Waals surface area contributed by atoms with Gasteiger partial charge < -0.3 is 10.8 Å². The highest BCUT2D eigenvalue weighted by Crippen LogP contribution is 2.25. The molecule has 0 aliphatic heterocycles. The van der Waals surface area contributed by atoms with E-state index in [1.807, 2.05) is 0 Å². The molecule has 0 rings (SSSR count). The minimum Gasteiger partial charge on any atom is -0.478 e. The van der Waals surface area contributed by atoms with Crippen LogP contribution in [-0.4, -0.2) is 17.3 Å². The van der Waals surface area contributed by atoms with Crippen LogP contribution in [0.15, 0.2) is 11.3 Å². The zero-order chi connectivity index (χ0) is 9.94. The van der Waals surface area contributed by atoms with Crippen LogP contribution in [0.25, 0.3) is 0 Å². The van der Waals surface area contributed by atoms with Crippen molar-refractivity contribution in [1.82, 2.24) is 0 Å². The van der Waals surface area contributed by atoms with Crippen molar-refractivity contribution in [3.05, 3.63) is 11.3 Å². The van der Waals surface area contributed by atoms with E-state index in [1.165, 1.54) is 0 Å². The summed E-state index contributed by atoms with van der Waals surface area (Å²) >= 11 is 0. The Morgan fingerprint density at radius 3 is 2.00 bits per heavy atom. The Morgan fingerprint density at radius 2 is 1.92 bits per heavy atom. The Morgan fingerprint density at radius 1 is 1.50 bits per heavy atom. The SMILES string of the molecule is CC(N)=C(CC(F)(F)F)C(=O)O. The predicted octanol–water partition coefficient (Wildman–Crippen LogP) is 1.26. The molecule has 3 nitrogen and oxygen atoms in total. The molecule has 0 saturated carbocycles. The molecule has 6 heteroatoms. The van der Waals surface area contributed by atoms with Crippen LogP contribution in [0.2, 0.25) is 0 Å². The fourth-order valence-electron chi connectivity index (χ4n) is 0.584. The second kappa shape index (κ2) is 3.46. The van der Waals surface area contributed by atoms with Crippen LogP contribution < -0.4 is 5.73 Å². The number of halogens is 3. The van der Waals surface area contributed by atoms with E-state index >= 15 is 0 Å². The van der Waals surface area contributed by atoms with Crippen LogP contribution in [0.3, 0.4) is 0 Å². The first kappa shape index (κ1) is 10.8. The van der Waals surface area contributed by atoms with E-state index in [-0.39, 0.29) is 5.70 Å². The largest absolute Gasteiger partial charge is 0.478 e. The van der Waals surface area contributed by atoms with E-state index in [4.69, 9.17) is 10.8 Å². The minimum absolute atomic E-state index is 0.320. The number of carboxylic acid groups (broad SMARTS) is 1. The van der Waals surface area contributed by atoms with Gasteiger partial charge >= 0.3 is 12.1 Å². The first-order valence-electron chi connectivity index (χ1n) is 2.99. The summed E-state index contributed by atoms with van der Waals surface area (Å²) in [5.74, 6) is -1.63. The summed E-state index contributed by atoms with van der Waals surface area (Å²) in [5, 5.41) is 8.27. The third kappa shape index (κ3) is 3.85. The van der Waals surface area contributed by atoms with Gasteiger partial charge in [-0.3, -0.25) is 0 Å². The van der Waals surface area contributed by atoms with Crippen molar-refractivity contribution in [1.29, 1.82) is 0 Å². The number of hydrogen-bond acceptors (Lipinski definition) is 2. The maximum atomic E-state index is 11.7. The molecule has 0 saturated heterocycles. The van der Waals surface area contributed by atoms with Crippen molar-refractivity contribution in [3.8, 4) is 0 Å². The molecule has 0 aliphatic carbocycles. The monoisotopic (exact) mass is 183 g/mol. The van der Waals surface area contributed by atoms with Crippen molar-refractivity contribution < 1.29 is 23.1 Å². The van der Waals surface area contributed by atoms with Crippen LogP contribution in [0, 0.1) is 0 Å². The van der Waals surface area contributed by atoms with E-state index < -0.39 is 24.1 Å². The Labute approximate surface area is 66.7 Å². The number of allylic oxidation sites excluding steroid dienone is 1. The summed E-state index contributed by atoms with van der Waals surface area (Å²) in [6.07, 6.45) is -6.03. The first-order chi connectivity index (χ1) is 5.24. The lowest BCUT2D eigenvalue weighted by molar-refractivity contribution is -0.143. The summed E-state index contributed by atoms with van der Waals surface area (Å²) in [4.78, 5) is 10.2. The van der Waals surface area contributed by atoms with Gasteiger partial charge in [0.25, 0.3) is 0 Å². The average Bonchev–Trinajstić information content (AvgIpc) is 1.79. The van der Waals surface area contributed by atoms with E-state index in [0.717, 1.165) is 6.92 Å². The van der Waals surface area contributed by atoms with E-state index in [2.05, 4.69) is 0 Å². The highest BCUT2D eigenvalue weighted by molar-refractivity contribution is 5.87. The van der Waals surface area contributed by atoms with Gasteiger partial charge in [-0.05, 0) is 6.92 Å². The Balaban J connectivity index is 4.60. The summed E-state index contributed by atoms with van der Waals surface area (Å²) in [5.41, 5.74) is 3.82. The summed E-state index contributed by atoms with van der Waals surface area (Å²) in [7, 11) is 0. The number of carbonyl (C=O) groups is 1. The normalized spacial score (nSPS) is 14.0. The molecule has 12 heavy (non-hydrogen) atoms. The number of carboxylic acids is 1. The van der Waals surface area contributed by atoms with Crippen molar-refractivity contribution in [3.63, 3.8) is 0 Å². The topological polar surface area (TPSA) is 63.3 Å². The van der Waals surface area contributed by atoms with Crippen molar-refractivity contribution >= 4 is 5.97 Å². The van der Waals surface area contributed by atoms with Crippen LogP contribution >= 0.6 is 0 Å². The molecule has 0 unspecified atom stereocenters. The third-order valence-electron chi connectivity index (χ3n) is 1.11. The molecule has 0 heterocycles. The van der Waals surface area contributed by atoms with Crippen molar-refractivity contribution in [2.45, 2.75) is 19.5 Å². The number of aliphatic carboxylic acids is 1. The first-order valence-corrected chi connectivity index (χ1v) is 2.99. The van der Waals surface area contributed by atoms with Gasteiger partial charge in [-0.25, -0.2) is 4.79 Å². The lowest BCUT2D eigenvalue weighted by Gasteiger charge is -2.07. The molecule has 0 atom stereocenters. The molecule has 0 aromatic rings. The van der Waals surface area contributed by atoms with Gasteiger partial charge in [0, 0.05) is 5.70 Å². The van der Waals surface area contributed by atoms with Gasteiger partial charge in [-0.15, -0.1) is 0 Å². The zero-order valence-electron chi connectivity index (χ0n) is 6.27. The average molecular weight is 183 g/mol. The second-order valence-corrected chi connectivity index (χ2v) is 2.26. The lowest BCUT2D eigenvalue weighted by Crippen LogP contribution is -2.17. The van der Waals surface area contributed by atoms with E-state index in [9.17, 15) is 18.0 Å².